The fourth-order valence-corrected chi connectivity index (χ4v) is 1.85. The van der Waals surface area contributed by atoms with Gasteiger partial charge in [-0.1, -0.05) is 6.07 Å². The number of aromatic nitrogens is 1. The van der Waals surface area contributed by atoms with Gasteiger partial charge in [0.05, 0.1) is 19.3 Å². The van der Waals surface area contributed by atoms with Crippen LogP contribution in [-0.2, 0) is 16.1 Å². The molecule has 2 rings (SSSR count). The summed E-state index contributed by atoms with van der Waals surface area (Å²) in [6.07, 6.45) is 1.78. The lowest BCUT2D eigenvalue weighted by atomic mass is 10.2. The maximum atomic E-state index is 11.4. The molecule has 2 heterocycles. The number of morpholine rings is 1. The Hall–Kier alpha value is -1.66. The summed E-state index contributed by atoms with van der Waals surface area (Å²) in [7, 11) is 0. The number of carbonyl (C=O) groups is 1. The number of hydrogen-bond donors (Lipinski definition) is 2. The SMILES string of the molecule is C[C@H](N)C(=O)NCc1ccc(N2CCOCC2)nc1. The molecular formula is C13H20N4O2. The van der Waals surface area contributed by atoms with Gasteiger partial charge >= 0.3 is 0 Å². The molecule has 0 aromatic carbocycles. The molecule has 1 saturated heterocycles. The zero-order valence-corrected chi connectivity index (χ0v) is 11.1. The second-order valence-corrected chi connectivity index (χ2v) is 4.63. The highest BCUT2D eigenvalue weighted by Gasteiger charge is 2.12. The lowest BCUT2D eigenvalue weighted by Crippen LogP contribution is -2.38. The first-order chi connectivity index (χ1) is 9.16. The molecule has 104 valence electrons. The van der Waals surface area contributed by atoms with Gasteiger partial charge in [0.15, 0.2) is 0 Å². The first-order valence-electron chi connectivity index (χ1n) is 6.48. The molecule has 1 atom stereocenters. The minimum absolute atomic E-state index is 0.155. The Morgan fingerprint density at radius 1 is 1.53 bits per heavy atom. The van der Waals surface area contributed by atoms with Crippen molar-refractivity contribution in [2.45, 2.75) is 19.5 Å². The average Bonchev–Trinajstić information content (AvgIpc) is 2.46. The second-order valence-electron chi connectivity index (χ2n) is 4.63. The fraction of sp³-hybridized carbons (Fsp3) is 0.538. The van der Waals surface area contributed by atoms with Gasteiger partial charge in [-0.25, -0.2) is 4.98 Å². The van der Waals surface area contributed by atoms with E-state index in [1.54, 1.807) is 13.1 Å². The number of nitrogens with two attached hydrogens (primary N) is 1. The lowest BCUT2D eigenvalue weighted by molar-refractivity contribution is -0.122. The van der Waals surface area contributed by atoms with Crippen LogP contribution in [0, 0.1) is 0 Å². The number of ether oxygens (including phenoxy) is 1. The summed E-state index contributed by atoms with van der Waals surface area (Å²) in [6.45, 7) is 5.34. The van der Waals surface area contributed by atoms with E-state index in [0.29, 0.717) is 6.54 Å². The molecule has 1 aromatic heterocycles. The van der Waals surface area contributed by atoms with Gasteiger partial charge in [-0.15, -0.1) is 0 Å². The van der Waals surface area contributed by atoms with Crippen LogP contribution < -0.4 is 16.0 Å². The molecule has 1 fully saturated rings. The smallest absolute Gasteiger partial charge is 0.236 e. The van der Waals surface area contributed by atoms with Crippen molar-refractivity contribution in [3.8, 4) is 0 Å². The normalized spacial score (nSPS) is 17.1. The van der Waals surface area contributed by atoms with Crippen LogP contribution in [0.4, 0.5) is 5.82 Å². The first-order valence-corrected chi connectivity index (χ1v) is 6.48. The van der Waals surface area contributed by atoms with Crippen molar-refractivity contribution in [3.63, 3.8) is 0 Å². The van der Waals surface area contributed by atoms with Crippen LogP contribution in [0.25, 0.3) is 0 Å². The molecule has 1 aliphatic heterocycles. The molecule has 0 spiro atoms. The lowest BCUT2D eigenvalue weighted by Gasteiger charge is -2.27. The van der Waals surface area contributed by atoms with Gasteiger partial charge in [0.2, 0.25) is 5.91 Å². The third kappa shape index (κ3) is 3.90. The minimum Gasteiger partial charge on any atom is -0.378 e. The molecule has 0 unspecified atom stereocenters. The Morgan fingerprint density at radius 2 is 2.26 bits per heavy atom. The molecular weight excluding hydrogens is 244 g/mol. The average molecular weight is 264 g/mol. The molecule has 0 aliphatic carbocycles. The first kappa shape index (κ1) is 13.8. The van der Waals surface area contributed by atoms with E-state index in [1.165, 1.54) is 0 Å². The summed E-state index contributed by atoms with van der Waals surface area (Å²) in [4.78, 5) is 18.0. The van der Waals surface area contributed by atoms with Gasteiger partial charge in [0.25, 0.3) is 0 Å². The van der Waals surface area contributed by atoms with Crippen molar-refractivity contribution in [2.75, 3.05) is 31.2 Å². The molecule has 6 heteroatoms. The van der Waals surface area contributed by atoms with Crippen molar-refractivity contribution in [1.82, 2.24) is 10.3 Å². The number of hydrogen-bond acceptors (Lipinski definition) is 5. The number of amides is 1. The summed E-state index contributed by atoms with van der Waals surface area (Å²) in [5.41, 5.74) is 6.44. The topological polar surface area (TPSA) is 80.5 Å². The Kier molecular flexibility index (Phi) is 4.70. The summed E-state index contributed by atoms with van der Waals surface area (Å²) in [6, 6.07) is 3.46. The summed E-state index contributed by atoms with van der Waals surface area (Å²) in [5.74, 6) is 0.794. The van der Waals surface area contributed by atoms with Crippen LogP contribution in [0.5, 0.6) is 0 Å². The van der Waals surface area contributed by atoms with Gasteiger partial charge in [-0.3, -0.25) is 4.79 Å². The molecule has 0 saturated carbocycles. The predicted octanol–water partition coefficient (Wildman–Crippen LogP) is -0.118. The van der Waals surface area contributed by atoms with E-state index in [9.17, 15) is 4.79 Å². The van der Waals surface area contributed by atoms with Gasteiger partial charge in [0.1, 0.15) is 5.82 Å². The van der Waals surface area contributed by atoms with Crippen molar-refractivity contribution in [1.29, 1.82) is 0 Å². The van der Waals surface area contributed by atoms with Gasteiger partial charge < -0.3 is 20.7 Å². The van der Waals surface area contributed by atoms with Gasteiger partial charge in [-0.05, 0) is 18.6 Å². The van der Waals surface area contributed by atoms with Crippen molar-refractivity contribution in [2.24, 2.45) is 5.73 Å². The third-order valence-electron chi connectivity index (χ3n) is 3.02. The fourth-order valence-electron chi connectivity index (χ4n) is 1.85. The van der Waals surface area contributed by atoms with Crippen LogP contribution in [-0.4, -0.2) is 43.2 Å². The van der Waals surface area contributed by atoms with E-state index < -0.39 is 6.04 Å². The quantitative estimate of drug-likeness (QED) is 0.792. The molecule has 0 radical (unpaired) electrons. The summed E-state index contributed by atoms with van der Waals surface area (Å²) < 4.78 is 5.30. The Labute approximate surface area is 112 Å². The monoisotopic (exact) mass is 264 g/mol. The highest BCUT2D eigenvalue weighted by Crippen LogP contribution is 2.12. The molecule has 1 aliphatic rings. The third-order valence-corrected chi connectivity index (χ3v) is 3.02. The van der Waals surface area contributed by atoms with E-state index in [1.807, 2.05) is 12.1 Å². The number of anilines is 1. The number of nitrogens with zero attached hydrogens (tertiary/aromatic N) is 2. The largest absolute Gasteiger partial charge is 0.378 e. The molecule has 0 bridgehead atoms. The minimum atomic E-state index is -0.486. The van der Waals surface area contributed by atoms with Crippen molar-refractivity contribution in [3.05, 3.63) is 23.9 Å². The Bertz CT molecular complexity index is 413. The number of nitrogens with one attached hydrogen (secondary N) is 1. The van der Waals surface area contributed by atoms with E-state index in [0.717, 1.165) is 37.7 Å². The zero-order chi connectivity index (χ0) is 13.7. The highest BCUT2D eigenvalue weighted by molar-refractivity contribution is 5.80. The summed E-state index contributed by atoms with van der Waals surface area (Å²) >= 11 is 0. The molecule has 19 heavy (non-hydrogen) atoms. The molecule has 1 amide bonds. The van der Waals surface area contributed by atoms with Gasteiger partial charge in [-0.2, -0.15) is 0 Å². The molecule has 6 nitrogen and oxygen atoms in total. The molecule has 1 aromatic rings. The van der Waals surface area contributed by atoms with Crippen molar-refractivity contribution < 1.29 is 9.53 Å². The maximum absolute atomic E-state index is 11.4. The number of rotatable bonds is 4. The summed E-state index contributed by atoms with van der Waals surface area (Å²) in [5, 5.41) is 2.76. The van der Waals surface area contributed by atoms with Crippen LogP contribution in [0.3, 0.4) is 0 Å². The maximum Gasteiger partial charge on any atom is 0.236 e. The van der Waals surface area contributed by atoms with Crippen molar-refractivity contribution >= 4 is 11.7 Å². The Balaban J connectivity index is 1.89. The standard InChI is InChI=1S/C13H20N4O2/c1-10(14)13(18)16-9-11-2-3-12(15-8-11)17-4-6-19-7-5-17/h2-3,8,10H,4-7,9,14H2,1H3,(H,16,18)/t10-/m0/s1. The zero-order valence-electron chi connectivity index (χ0n) is 11.1. The Morgan fingerprint density at radius 3 is 2.84 bits per heavy atom. The second kappa shape index (κ2) is 6.49. The van der Waals surface area contributed by atoms with E-state index in [4.69, 9.17) is 10.5 Å². The molecule has 3 N–H and O–H groups in total. The number of pyridine rings is 1. The van der Waals surface area contributed by atoms with E-state index in [2.05, 4.69) is 15.2 Å². The van der Waals surface area contributed by atoms with E-state index in [-0.39, 0.29) is 5.91 Å². The van der Waals surface area contributed by atoms with Crippen LogP contribution in [0.2, 0.25) is 0 Å². The van der Waals surface area contributed by atoms with E-state index >= 15 is 0 Å². The highest BCUT2D eigenvalue weighted by atomic mass is 16.5. The van der Waals surface area contributed by atoms with Gasteiger partial charge in [0, 0.05) is 25.8 Å². The van der Waals surface area contributed by atoms with Crippen LogP contribution >= 0.6 is 0 Å². The van der Waals surface area contributed by atoms with Crippen LogP contribution in [0.1, 0.15) is 12.5 Å². The predicted molar refractivity (Wildman–Crippen MR) is 72.8 cm³/mol. The van der Waals surface area contributed by atoms with Crippen LogP contribution in [0.15, 0.2) is 18.3 Å². The number of carbonyl (C=O) groups excluding carboxylic acids is 1.